The molecule has 1 N–H and O–H groups in total. The van der Waals surface area contributed by atoms with Crippen molar-refractivity contribution in [3.05, 3.63) is 46.2 Å². The largest absolute Gasteiger partial charge is 0.302 e. The Morgan fingerprint density at radius 3 is 2.71 bits per heavy atom. The van der Waals surface area contributed by atoms with E-state index in [1.54, 1.807) is 17.5 Å². The third-order valence-electron chi connectivity index (χ3n) is 2.40. The summed E-state index contributed by atoms with van der Waals surface area (Å²) in [4.78, 5) is 8.75. The Labute approximate surface area is 106 Å². The van der Waals surface area contributed by atoms with Gasteiger partial charge in [-0.05, 0) is 32.4 Å². The third kappa shape index (κ3) is 3.11. The molecule has 1 unspecified atom stereocenters. The first-order valence-electron chi connectivity index (χ1n) is 5.75. The molecule has 0 aromatic carbocycles. The molecule has 17 heavy (non-hydrogen) atoms. The third-order valence-corrected chi connectivity index (χ3v) is 3.43. The van der Waals surface area contributed by atoms with Gasteiger partial charge in [0, 0.05) is 29.5 Å². The first-order chi connectivity index (χ1) is 8.16. The van der Waals surface area contributed by atoms with Gasteiger partial charge in [0.25, 0.3) is 0 Å². The first-order valence-corrected chi connectivity index (χ1v) is 6.63. The Kier molecular flexibility index (Phi) is 3.86. The van der Waals surface area contributed by atoms with E-state index in [0.29, 0.717) is 6.04 Å². The average molecular weight is 247 g/mol. The molecule has 0 aliphatic carbocycles. The molecule has 2 aromatic rings. The highest BCUT2D eigenvalue weighted by Gasteiger charge is 2.18. The van der Waals surface area contributed by atoms with Gasteiger partial charge in [-0.3, -0.25) is 4.98 Å². The molecule has 0 radical (unpaired) electrons. The number of aryl methyl sites for hydroxylation is 1. The van der Waals surface area contributed by atoms with Crippen molar-refractivity contribution < 1.29 is 0 Å². The Hall–Kier alpha value is -1.26. The van der Waals surface area contributed by atoms with E-state index in [9.17, 15) is 0 Å². The highest BCUT2D eigenvalue weighted by molar-refractivity contribution is 7.09. The maximum absolute atomic E-state index is 4.57. The molecule has 2 heterocycles. The van der Waals surface area contributed by atoms with Gasteiger partial charge in [0.1, 0.15) is 5.01 Å². The number of hydrogen-bond acceptors (Lipinski definition) is 4. The lowest BCUT2D eigenvalue weighted by atomic mass is 10.1. The lowest BCUT2D eigenvalue weighted by Gasteiger charge is -2.19. The lowest BCUT2D eigenvalue weighted by Crippen LogP contribution is -2.29. The summed E-state index contributed by atoms with van der Waals surface area (Å²) >= 11 is 1.69. The van der Waals surface area contributed by atoms with Gasteiger partial charge in [0.05, 0.1) is 6.04 Å². The van der Waals surface area contributed by atoms with Crippen LogP contribution in [0.5, 0.6) is 0 Å². The van der Waals surface area contributed by atoms with Crippen LogP contribution in [0.4, 0.5) is 0 Å². The fraction of sp³-hybridized carbons (Fsp3) is 0.385. The number of nitrogens with one attached hydrogen (secondary N) is 1. The molecule has 2 aromatic heterocycles. The molecule has 0 spiro atoms. The minimum Gasteiger partial charge on any atom is -0.302 e. The summed E-state index contributed by atoms with van der Waals surface area (Å²) in [6.07, 6.45) is 3.69. The van der Waals surface area contributed by atoms with Crippen LogP contribution in [0.25, 0.3) is 0 Å². The van der Waals surface area contributed by atoms with Crippen molar-refractivity contribution in [2.24, 2.45) is 0 Å². The summed E-state index contributed by atoms with van der Waals surface area (Å²) in [7, 11) is 0. The van der Waals surface area contributed by atoms with Crippen LogP contribution in [-0.4, -0.2) is 16.0 Å². The molecule has 0 aliphatic rings. The van der Waals surface area contributed by atoms with Crippen molar-refractivity contribution in [3.63, 3.8) is 0 Å². The number of hydrogen-bond donors (Lipinski definition) is 1. The van der Waals surface area contributed by atoms with Gasteiger partial charge in [-0.15, -0.1) is 11.3 Å². The second-order valence-electron chi connectivity index (χ2n) is 4.37. The van der Waals surface area contributed by atoms with Crippen LogP contribution in [-0.2, 0) is 0 Å². The fourth-order valence-electron chi connectivity index (χ4n) is 1.69. The molecular weight excluding hydrogens is 230 g/mol. The summed E-state index contributed by atoms with van der Waals surface area (Å²) in [5.41, 5.74) is 2.24. The summed E-state index contributed by atoms with van der Waals surface area (Å²) in [6, 6.07) is 4.60. The average Bonchev–Trinajstić information content (AvgIpc) is 2.73. The van der Waals surface area contributed by atoms with Crippen LogP contribution in [0.2, 0.25) is 0 Å². The zero-order valence-corrected chi connectivity index (χ0v) is 11.2. The van der Waals surface area contributed by atoms with Gasteiger partial charge in [-0.2, -0.15) is 0 Å². The first kappa shape index (κ1) is 12.2. The van der Waals surface area contributed by atoms with E-state index in [0.717, 1.165) is 16.3 Å². The number of aromatic nitrogens is 2. The van der Waals surface area contributed by atoms with Crippen molar-refractivity contribution in [1.82, 2.24) is 15.3 Å². The smallest absolute Gasteiger partial charge is 0.114 e. The van der Waals surface area contributed by atoms with E-state index in [1.165, 1.54) is 0 Å². The number of pyridine rings is 1. The normalized spacial score (nSPS) is 12.9. The molecule has 1 atom stereocenters. The zero-order chi connectivity index (χ0) is 12.3. The van der Waals surface area contributed by atoms with Crippen molar-refractivity contribution >= 4 is 11.3 Å². The van der Waals surface area contributed by atoms with Gasteiger partial charge >= 0.3 is 0 Å². The zero-order valence-electron chi connectivity index (χ0n) is 10.3. The van der Waals surface area contributed by atoms with Crippen molar-refractivity contribution in [2.45, 2.75) is 32.9 Å². The summed E-state index contributed by atoms with van der Waals surface area (Å²) in [6.45, 7) is 6.31. The quantitative estimate of drug-likeness (QED) is 0.902. The van der Waals surface area contributed by atoms with Crippen LogP contribution in [0.15, 0.2) is 29.9 Å². The van der Waals surface area contributed by atoms with E-state index < -0.39 is 0 Å². The van der Waals surface area contributed by atoms with Crippen LogP contribution in [0, 0.1) is 6.92 Å². The maximum Gasteiger partial charge on any atom is 0.114 e. The molecule has 0 amide bonds. The molecule has 4 heteroatoms. The Morgan fingerprint density at radius 1 is 1.35 bits per heavy atom. The predicted octanol–water partition coefficient (Wildman–Crippen LogP) is 2.93. The lowest BCUT2D eigenvalue weighted by molar-refractivity contribution is 0.525. The number of rotatable bonds is 4. The summed E-state index contributed by atoms with van der Waals surface area (Å²) in [5.74, 6) is 0. The number of thiazole rings is 1. The van der Waals surface area contributed by atoms with E-state index >= 15 is 0 Å². The summed E-state index contributed by atoms with van der Waals surface area (Å²) in [5, 5.41) is 6.72. The SMILES string of the molecule is Cc1csc(C(NC(C)C)c2cccnc2)n1. The summed E-state index contributed by atoms with van der Waals surface area (Å²) < 4.78 is 0. The Morgan fingerprint density at radius 2 is 2.18 bits per heavy atom. The molecule has 3 nitrogen and oxygen atoms in total. The van der Waals surface area contributed by atoms with Gasteiger partial charge < -0.3 is 5.32 Å². The predicted molar refractivity (Wildman–Crippen MR) is 71.2 cm³/mol. The minimum atomic E-state index is 0.141. The molecule has 0 saturated heterocycles. The van der Waals surface area contributed by atoms with E-state index in [-0.39, 0.29) is 6.04 Å². The maximum atomic E-state index is 4.57. The van der Waals surface area contributed by atoms with Crippen LogP contribution < -0.4 is 5.32 Å². The van der Waals surface area contributed by atoms with Crippen LogP contribution in [0.1, 0.15) is 36.2 Å². The van der Waals surface area contributed by atoms with Gasteiger partial charge in [-0.25, -0.2) is 4.98 Å². The second-order valence-corrected chi connectivity index (χ2v) is 5.26. The molecule has 2 rings (SSSR count). The standard InChI is InChI=1S/C13H17N3S/c1-9(2)15-12(11-5-4-6-14-7-11)13-16-10(3)8-17-13/h4-9,12,15H,1-3H3. The fourth-order valence-corrected chi connectivity index (χ4v) is 2.58. The minimum absolute atomic E-state index is 0.141. The van der Waals surface area contributed by atoms with E-state index in [2.05, 4.69) is 40.6 Å². The highest BCUT2D eigenvalue weighted by atomic mass is 32.1. The Balaban J connectivity index is 2.32. The molecule has 0 fully saturated rings. The van der Waals surface area contributed by atoms with E-state index in [4.69, 9.17) is 0 Å². The van der Waals surface area contributed by atoms with E-state index in [1.807, 2.05) is 19.2 Å². The van der Waals surface area contributed by atoms with Gasteiger partial charge in [0.15, 0.2) is 0 Å². The second kappa shape index (κ2) is 5.38. The van der Waals surface area contributed by atoms with Gasteiger partial charge in [0.2, 0.25) is 0 Å². The van der Waals surface area contributed by atoms with Crippen molar-refractivity contribution in [1.29, 1.82) is 0 Å². The van der Waals surface area contributed by atoms with Crippen LogP contribution >= 0.6 is 11.3 Å². The van der Waals surface area contributed by atoms with Crippen molar-refractivity contribution in [3.8, 4) is 0 Å². The molecule has 0 aliphatic heterocycles. The topological polar surface area (TPSA) is 37.8 Å². The molecular formula is C13H17N3S. The monoisotopic (exact) mass is 247 g/mol. The molecule has 0 bridgehead atoms. The molecule has 90 valence electrons. The highest BCUT2D eigenvalue weighted by Crippen LogP contribution is 2.24. The van der Waals surface area contributed by atoms with Crippen molar-refractivity contribution in [2.75, 3.05) is 0 Å². The number of nitrogens with zero attached hydrogens (tertiary/aromatic N) is 2. The van der Waals surface area contributed by atoms with Gasteiger partial charge in [-0.1, -0.05) is 6.07 Å². The Bertz CT molecular complexity index is 465. The van der Waals surface area contributed by atoms with Crippen LogP contribution in [0.3, 0.4) is 0 Å². The molecule has 0 saturated carbocycles.